The summed E-state index contributed by atoms with van der Waals surface area (Å²) in [6.45, 7) is 12.9. The third kappa shape index (κ3) is 2.38. The molecule has 4 heterocycles. The predicted molar refractivity (Wildman–Crippen MR) is 117 cm³/mol. The summed E-state index contributed by atoms with van der Waals surface area (Å²) in [6, 6.07) is 8.66. The number of hydrogen-bond donors (Lipinski definition) is 0. The predicted octanol–water partition coefficient (Wildman–Crippen LogP) is 5.49. The minimum Gasteiger partial charge on any atom is -0.435 e. The van der Waals surface area contributed by atoms with Crippen LogP contribution < -0.4 is 9.80 Å². The maximum atomic E-state index is 6.34. The number of pyridine rings is 1. The topological polar surface area (TPSA) is 58.3 Å². The number of aryl methyl sites for hydroxylation is 2. The summed E-state index contributed by atoms with van der Waals surface area (Å²) in [5, 5.41) is 2.10. The van der Waals surface area contributed by atoms with Gasteiger partial charge in [-0.15, -0.1) is 0 Å². The zero-order chi connectivity index (χ0) is 20.5. The first-order valence-corrected chi connectivity index (χ1v) is 10.0. The lowest BCUT2D eigenvalue weighted by atomic mass is 10.0. The molecule has 0 fully saturated rings. The lowest BCUT2D eigenvalue weighted by Crippen LogP contribution is -2.53. The van der Waals surface area contributed by atoms with Crippen LogP contribution in [-0.4, -0.2) is 26.7 Å². The summed E-state index contributed by atoms with van der Waals surface area (Å²) in [6.07, 6.45) is 3.51. The maximum Gasteiger partial charge on any atom is 0.227 e. The van der Waals surface area contributed by atoms with Gasteiger partial charge in [-0.1, -0.05) is 12.1 Å². The van der Waals surface area contributed by atoms with Gasteiger partial charge in [0.05, 0.1) is 5.69 Å². The van der Waals surface area contributed by atoms with E-state index in [1.54, 1.807) is 12.4 Å². The quantitative estimate of drug-likeness (QED) is 0.453. The first-order valence-electron chi connectivity index (χ1n) is 10.0. The molecule has 0 aliphatic carbocycles. The molecule has 1 aromatic carbocycles. The Balaban J connectivity index is 1.85. The molecule has 0 amide bonds. The molecule has 0 unspecified atom stereocenters. The molecule has 6 nitrogen and oxygen atoms in total. The summed E-state index contributed by atoms with van der Waals surface area (Å²) in [7, 11) is 0. The van der Waals surface area contributed by atoms with Crippen molar-refractivity contribution in [2.24, 2.45) is 0 Å². The molecule has 0 radical (unpaired) electrons. The molecule has 1 aliphatic heterocycles. The lowest BCUT2D eigenvalue weighted by molar-refractivity contribution is 0.454. The SMILES string of the molecule is Cc1ccc2c(n1)oc1c(N3c4nccnc4N(C(C)C)C3(C)C)c(C)ccc12. The molecule has 5 rings (SSSR count). The Kier molecular flexibility index (Phi) is 3.66. The van der Waals surface area contributed by atoms with Crippen LogP contribution in [0, 0.1) is 13.8 Å². The van der Waals surface area contributed by atoms with E-state index in [9.17, 15) is 0 Å². The van der Waals surface area contributed by atoms with Crippen molar-refractivity contribution in [1.82, 2.24) is 15.0 Å². The minimum absolute atomic E-state index is 0.268. The van der Waals surface area contributed by atoms with E-state index in [1.807, 2.05) is 13.0 Å². The van der Waals surface area contributed by atoms with E-state index < -0.39 is 0 Å². The Morgan fingerprint density at radius 2 is 1.62 bits per heavy atom. The number of rotatable bonds is 2. The van der Waals surface area contributed by atoms with Crippen LogP contribution in [0.15, 0.2) is 41.1 Å². The van der Waals surface area contributed by atoms with Crippen LogP contribution in [0.4, 0.5) is 17.3 Å². The van der Waals surface area contributed by atoms with Crippen LogP contribution in [0.3, 0.4) is 0 Å². The number of nitrogens with zero attached hydrogens (tertiary/aromatic N) is 5. The van der Waals surface area contributed by atoms with Gasteiger partial charge in [0.25, 0.3) is 0 Å². The molecular formula is C23H25N5O. The molecule has 148 valence electrons. The summed E-state index contributed by atoms with van der Waals surface area (Å²) >= 11 is 0. The Bertz CT molecular complexity index is 1260. The summed E-state index contributed by atoms with van der Waals surface area (Å²) in [5.41, 5.74) is 4.24. The molecule has 0 atom stereocenters. The van der Waals surface area contributed by atoms with E-state index >= 15 is 0 Å². The van der Waals surface area contributed by atoms with Crippen molar-refractivity contribution in [3.8, 4) is 0 Å². The summed E-state index contributed by atoms with van der Waals surface area (Å²) in [5.74, 6) is 1.75. The number of fused-ring (bicyclic) bond motifs is 4. The Morgan fingerprint density at radius 1 is 0.931 bits per heavy atom. The minimum atomic E-state index is -0.362. The second kappa shape index (κ2) is 5.92. The number of aromatic nitrogens is 3. The molecule has 3 aromatic heterocycles. The van der Waals surface area contributed by atoms with Gasteiger partial charge >= 0.3 is 0 Å². The second-order valence-corrected chi connectivity index (χ2v) is 8.51. The van der Waals surface area contributed by atoms with Crippen molar-refractivity contribution in [2.75, 3.05) is 9.80 Å². The zero-order valence-corrected chi connectivity index (χ0v) is 17.7. The van der Waals surface area contributed by atoms with Crippen LogP contribution in [0.25, 0.3) is 22.1 Å². The molecule has 0 bridgehead atoms. The third-order valence-corrected chi connectivity index (χ3v) is 5.80. The second-order valence-electron chi connectivity index (χ2n) is 8.51. The van der Waals surface area contributed by atoms with E-state index in [-0.39, 0.29) is 11.7 Å². The Hall–Kier alpha value is -3.15. The fraction of sp³-hybridized carbons (Fsp3) is 0.348. The Morgan fingerprint density at radius 3 is 2.34 bits per heavy atom. The van der Waals surface area contributed by atoms with Gasteiger partial charge in [0.2, 0.25) is 5.71 Å². The maximum absolute atomic E-state index is 6.34. The van der Waals surface area contributed by atoms with Crippen LogP contribution in [-0.2, 0) is 0 Å². The number of anilines is 3. The van der Waals surface area contributed by atoms with Gasteiger partial charge in [-0.05, 0) is 59.2 Å². The van der Waals surface area contributed by atoms with E-state index in [0.29, 0.717) is 5.71 Å². The highest BCUT2D eigenvalue weighted by Gasteiger charge is 2.47. The van der Waals surface area contributed by atoms with E-state index in [1.165, 1.54) is 0 Å². The molecule has 29 heavy (non-hydrogen) atoms. The fourth-order valence-electron chi connectivity index (χ4n) is 4.71. The van der Waals surface area contributed by atoms with Crippen molar-refractivity contribution in [3.05, 3.63) is 47.9 Å². The third-order valence-electron chi connectivity index (χ3n) is 5.80. The standard InChI is InChI=1S/C23H25N5O/c1-13(2)27-20-21(25-12-11-24-20)28(23(27,5)6)18-14(3)7-9-16-17-10-8-15(4)26-22(17)29-19(16)18/h7-13H,1-6H3. The first kappa shape index (κ1) is 17.9. The highest BCUT2D eigenvalue weighted by molar-refractivity contribution is 6.09. The van der Waals surface area contributed by atoms with Crippen molar-refractivity contribution in [1.29, 1.82) is 0 Å². The van der Waals surface area contributed by atoms with Crippen molar-refractivity contribution >= 4 is 39.4 Å². The molecule has 0 saturated carbocycles. The zero-order valence-electron chi connectivity index (χ0n) is 17.7. The molecular weight excluding hydrogens is 362 g/mol. The number of furan rings is 1. The van der Waals surface area contributed by atoms with Crippen LogP contribution >= 0.6 is 0 Å². The van der Waals surface area contributed by atoms with Crippen LogP contribution in [0.5, 0.6) is 0 Å². The van der Waals surface area contributed by atoms with Gasteiger partial charge < -0.3 is 9.32 Å². The highest BCUT2D eigenvalue weighted by atomic mass is 16.3. The van der Waals surface area contributed by atoms with Gasteiger partial charge in [-0.3, -0.25) is 4.90 Å². The van der Waals surface area contributed by atoms with Gasteiger partial charge in [0, 0.05) is 34.9 Å². The summed E-state index contributed by atoms with van der Waals surface area (Å²) < 4.78 is 6.34. The van der Waals surface area contributed by atoms with Crippen molar-refractivity contribution in [3.63, 3.8) is 0 Å². The molecule has 1 aliphatic rings. The Labute approximate surface area is 170 Å². The van der Waals surface area contributed by atoms with E-state index in [2.05, 4.69) is 72.6 Å². The van der Waals surface area contributed by atoms with Gasteiger partial charge in [-0.2, -0.15) is 0 Å². The van der Waals surface area contributed by atoms with Gasteiger partial charge in [0.15, 0.2) is 17.2 Å². The summed E-state index contributed by atoms with van der Waals surface area (Å²) in [4.78, 5) is 18.6. The molecule has 4 aromatic rings. The monoisotopic (exact) mass is 387 g/mol. The van der Waals surface area contributed by atoms with Crippen molar-refractivity contribution in [2.45, 2.75) is 53.2 Å². The average Bonchev–Trinajstić information content (AvgIpc) is 3.12. The molecule has 0 spiro atoms. The van der Waals surface area contributed by atoms with E-state index in [0.717, 1.165) is 44.9 Å². The van der Waals surface area contributed by atoms with Crippen LogP contribution in [0.2, 0.25) is 0 Å². The number of benzene rings is 1. The van der Waals surface area contributed by atoms with Crippen molar-refractivity contribution < 1.29 is 4.42 Å². The largest absolute Gasteiger partial charge is 0.435 e. The molecule has 6 heteroatoms. The van der Waals surface area contributed by atoms with Crippen LogP contribution in [0.1, 0.15) is 39.0 Å². The van der Waals surface area contributed by atoms with Gasteiger partial charge in [-0.25, -0.2) is 15.0 Å². The average molecular weight is 387 g/mol. The first-order chi connectivity index (χ1) is 13.8. The number of hydrogen-bond acceptors (Lipinski definition) is 6. The smallest absolute Gasteiger partial charge is 0.227 e. The normalized spacial score (nSPS) is 15.7. The molecule has 0 saturated heterocycles. The van der Waals surface area contributed by atoms with Gasteiger partial charge in [0.1, 0.15) is 5.66 Å². The van der Waals surface area contributed by atoms with E-state index in [4.69, 9.17) is 9.40 Å². The highest BCUT2D eigenvalue weighted by Crippen LogP contribution is 2.51. The fourth-order valence-corrected chi connectivity index (χ4v) is 4.71. The molecule has 0 N–H and O–H groups in total. The lowest BCUT2D eigenvalue weighted by Gasteiger charge is -2.42.